The van der Waals surface area contributed by atoms with Crippen molar-refractivity contribution in [1.82, 2.24) is 16.0 Å². The summed E-state index contributed by atoms with van der Waals surface area (Å²) in [5, 5.41) is 37.1. The second-order valence-corrected chi connectivity index (χ2v) is 7.64. The molecule has 0 bridgehead atoms. The maximum atomic E-state index is 12.0. The molecule has 178 valence electrons. The van der Waals surface area contributed by atoms with Crippen molar-refractivity contribution in [2.75, 3.05) is 6.54 Å². The molecule has 10 heteroatoms. The second kappa shape index (κ2) is 13.0. The van der Waals surface area contributed by atoms with Gasteiger partial charge in [0, 0.05) is 13.0 Å². The summed E-state index contributed by atoms with van der Waals surface area (Å²) in [5.74, 6) is -3.82. The molecule has 2 atom stereocenters. The van der Waals surface area contributed by atoms with Crippen molar-refractivity contribution in [2.45, 2.75) is 50.7 Å². The first-order valence-corrected chi connectivity index (χ1v) is 10.7. The van der Waals surface area contributed by atoms with Crippen molar-refractivity contribution in [2.24, 2.45) is 0 Å². The lowest BCUT2D eigenvalue weighted by atomic mass is 10.0. The van der Waals surface area contributed by atoms with Crippen LogP contribution in [0.2, 0.25) is 0 Å². The SMILES string of the molecule is O=C(O)CC[C@H](NC(=O)N[C@@H](CCCCNCc1cccc2ccccc12)C(=O)O)C(=O)O. The van der Waals surface area contributed by atoms with Gasteiger partial charge in [0.15, 0.2) is 0 Å². The molecule has 33 heavy (non-hydrogen) atoms. The van der Waals surface area contributed by atoms with Crippen LogP contribution in [0.15, 0.2) is 42.5 Å². The van der Waals surface area contributed by atoms with E-state index in [0.717, 1.165) is 0 Å². The van der Waals surface area contributed by atoms with Crippen LogP contribution in [0.25, 0.3) is 10.8 Å². The molecule has 0 fully saturated rings. The zero-order chi connectivity index (χ0) is 24.2. The van der Waals surface area contributed by atoms with Crippen LogP contribution in [0.5, 0.6) is 0 Å². The van der Waals surface area contributed by atoms with Gasteiger partial charge in [-0.05, 0) is 48.6 Å². The van der Waals surface area contributed by atoms with Gasteiger partial charge in [0.1, 0.15) is 12.1 Å². The van der Waals surface area contributed by atoms with Crippen molar-refractivity contribution in [3.63, 3.8) is 0 Å². The molecule has 0 saturated carbocycles. The fourth-order valence-electron chi connectivity index (χ4n) is 3.41. The van der Waals surface area contributed by atoms with Gasteiger partial charge in [-0.1, -0.05) is 42.5 Å². The Morgan fingerprint density at radius 2 is 1.42 bits per heavy atom. The van der Waals surface area contributed by atoms with Gasteiger partial charge >= 0.3 is 23.9 Å². The number of urea groups is 1. The van der Waals surface area contributed by atoms with Crippen LogP contribution in [0, 0.1) is 0 Å². The summed E-state index contributed by atoms with van der Waals surface area (Å²) in [6.07, 6.45) is 0.643. The minimum atomic E-state index is -1.42. The summed E-state index contributed by atoms with van der Waals surface area (Å²) in [6.45, 7) is 1.34. The van der Waals surface area contributed by atoms with E-state index in [0.29, 0.717) is 25.9 Å². The Hall–Kier alpha value is -3.66. The Morgan fingerprint density at radius 3 is 2.09 bits per heavy atom. The molecule has 0 unspecified atom stereocenters. The normalized spacial score (nSPS) is 12.6. The van der Waals surface area contributed by atoms with E-state index in [4.69, 9.17) is 10.2 Å². The molecule has 2 rings (SSSR count). The number of amides is 2. The Balaban J connectivity index is 1.73. The van der Waals surface area contributed by atoms with E-state index < -0.39 is 42.4 Å². The minimum Gasteiger partial charge on any atom is -0.481 e. The molecule has 10 nitrogen and oxygen atoms in total. The number of hydrogen-bond acceptors (Lipinski definition) is 5. The van der Waals surface area contributed by atoms with Crippen LogP contribution in [0.4, 0.5) is 4.79 Å². The summed E-state index contributed by atoms with van der Waals surface area (Å²) in [7, 11) is 0. The lowest BCUT2D eigenvalue weighted by molar-refractivity contribution is -0.140. The number of rotatable bonds is 14. The van der Waals surface area contributed by atoms with E-state index in [9.17, 15) is 24.3 Å². The van der Waals surface area contributed by atoms with Crippen LogP contribution >= 0.6 is 0 Å². The third kappa shape index (κ3) is 8.77. The highest BCUT2D eigenvalue weighted by atomic mass is 16.4. The van der Waals surface area contributed by atoms with E-state index in [1.165, 1.54) is 16.3 Å². The van der Waals surface area contributed by atoms with Gasteiger partial charge in [0.25, 0.3) is 0 Å². The number of nitrogens with one attached hydrogen (secondary N) is 3. The fourth-order valence-corrected chi connectivity index (χ4v) is 3.41. The number of carbonyl (C=O) groups excluding carboxylic acids is 1. The molecule has 0 aromatic heterocycles. The van der Waals surface area contributed by atoms with Crippen LogP contribution < -0.4 is 16.0 Å². The van der Waals surface area contributed by atoms with E-state index in [-0.39, 0.29) is 12.8 Å². The quantitative estimate of drug-likeness (QED) is 0.234. The van der Waals surface area contributed by atoms with Crippen molar-refractivity contribution in [3.8, 4) is 0 Å². The molecule has 0 heterocycles. The molecule has 2 amide bonds. The van der Waals surface area contributed by atoms with Gasteiger partial charge in [-0.3, -0.25) is 4.79 Å². The number of benzene rings is 2. The molecule has 0 aliphatic carbocycles. The van der Waals surface area contributed by atoms with E-state index in [2.05, 4.69) is 40.2 Å². The number of hydrogen-bond donors (Lipinski definition) is 6. The highest BCUT2D eigenvalue weighted by Gasteiger charge is 2.24. The molecule has 0 saturated heterocycles. The number of fused-ring (bicyclic) bond motifs is 1. The van der Waals surface area contributed by atoms with Crippen molar-refractivity contribution in [3.05, 3.63) is 48.0 Å². The van der Waals surface area contributed by atoms with Crippen LogP contribution in [-0.4, -0.2) is 57.9 Å². The van der Waals surface area contributed by atoms with Gasteiger partial charge < -0.3 is 31.3 Å². The third-order valence-electron chi connectivity index (χ3n) is 5.15. The Bertz CT molecular complexity index is 974. The van der Waals surface area contributed by atoms with Crippen molar-refractivity contribution in [1.29, 1.82) is 0 Å². The Morgan fingerprint density at radius 1 is 0.788 bits per heavy atom. The smallest absolute Gasteiger partial charge is 0.326 e. The van der Waals surface area contributed by atoms with Crippen molar-refractivity contribution >= 4 is 34.7 Å². The molecule has 0 aliphatic rings. The molecule has 0 radical (unpaired) electrons. The van der Waals surface area contributed by atoms with Crippen molar-refractivity contribution < 1.29 is 34.5 Å². The standard InChI is InChI=1S/C23H29N3O7/c27-20(28)12-11-19(22(31)32)26-23(33)25-18(21(29)30)10-3-4-13-24-14-16-8-5-7-15-6-1-2-9-17(15)16/h1-2,5-9,18-19,24H,3-4,10-14H2,(H,27,28)(H,29,30)(H,31,32)(H2,25,26,33)/t18-,19-/m0/s1. The summed E-state index contributed by atoms with van der Waals surface area (Å²) in [6, 6.07) is 10.6. The lowest BCUT2D eigenvalue weighted by Crippen LogP contribution is -2.51. The maximum absolute atomic E-state index is 12.0. The van der Waals surface area contributed by atoms with Gasteiger partial charge in [-0.15, -0.1) is 0 Å². The first-order valence-electron chi connectivity index (χ1n) is 10.7. The summed E-state index contributed by atoms with van der Waals surface area (Å²) < 4.78 is 0. The van der Waals surface area contributed by atoms with Gasteiger partial charge in [-0.25, -0.2) is 14.4 Å². The molecule has 0 aliphatic heterocycles. The topological polar surface area (TPSA) is 165 Å². The van der Waals surface area contributed by atoms with E-state index in [1.807, 2.05) is 18.2 Å². The maximum Gasteiger partial charge on any atom is 0.326 e. The predicted molar refractivity (Wildman–Crippen MR) is 121 cm³/mol. The van der Waals surface area contributed by atoms with Crippen LogP contribution in [-0.2, 0) is 20.9 Å². The Kier molecular flexibility index (Phi) is 10.1. The minimum absolute atomic E-state index is 0.172. The Labute approximate surface area is 191 Å². The highest BCUT2D eigenvalue weighted by Crippen LogP contribution is 2.18. The average Bonchev–Trinajstić information content (AvgIpc) is 2.77. The summed E-state index contributed by atoms with van der Waals surface area (Å²) in [5.41, 5.74) is 1.17. The zero-order valence-electron chi connectivity index (χ0n) is 18.1. The average molecular weight is 459 g/mol. The van der Waals surface area contributed by atoms with Gasteiger partial charge in [0.05, 0.1) is 0 Å². The largest absolute Gasteiger partial charge is 0.481 e. The summed E-state index contributed by atoms with van der Waals surface area (Å²) >= 11 is 0. The number of carbonyl (C=O) groups is 4. The molecule has 0 spiro atoms. The van der Waals surface area contributed by atoms with E-state index >= 15 is 0 Å². The molecule has 2 aromatic carbocycles. The molecule has 2 aromatic rings. The zero-order valence-corrected chi connectivity index (χ0v) is 18.1. The monoisotopic (exact) mass is 459 g/mol. The van der Waals surface area contributed by atoms with Crippen LogP contribution in [0.1, 0.15) is 37.7 Å². The lowest BCUT2D eigenvalue weighted by Gasteiger charge is -2.18. The van der Waals surface area contributed by atoms with E-state index in [1.54, 1.807) is 0 Å². The van der Waals surface area contributed by atoms with Gasteiger partial charge in [-0.2, -0.15) is 0 Å². The molecular formula is C23H29N3O7. The number of aliphatic carboxylic acids is 3. The molecule has 6 N–H and O–H groups in total. The summed E-state index contributed by atoms with van der Waals surface area (Å²) in [4.78, 5) is 45.2. The number of carboxylic acid groups (broad SMARTS) is 3. The highest BCUT2D eigenvalue weighted by molar-refractivity contribution is 5.86. The third-order valence-corrected chi connectivity index (χ3v) is 5.15. The number of unbranched alkanes of at least 4 members (excludes halogenated alkanes) is 1. The second-order valence-electron chi connectivity index (χ2n) is 7.64. The first-order chi connectivity index (χ1) is 15.8. The number of carboxylic acids is 3. The molecular weight excluding hydrogens is 430 g/mol. The fraction of sp³-hybridized carbons (Fsp3) is 0.391. The predicted octanol–water partition coefficient (Wildman–Crippen LogP) is 2.17. The van der Waals surface area contributed by atoms with Crippen LogP contribution in [0.3, 0.4) is 0 Å². The first kappa shape index (κ1) is 25.6. The van der Waals surface area contributed by atoms with Gasteiger partial charge in [0.2, 0.25) is 0 Å².